The number of nitrogens with zero attached hydrogens (tertiary/aromatic N) is 6. The van der Waals surface area contributed by atoms with E-state index in [1.165, 1.54) is 14.2 Å². The molecule has 0 fully saturated rings. The molecule has 2 N–H and O–H groups in total. The number of aromatic nitrogens is 6. The summed E-state index contributed by atoms with van der Waals surface area (Å²) in [6, 6.07) is 9.78. The fourth-order valence-corrected chi connectivity index (χ4v) is 5.47. The molecule has 0 saturated heterocycles. The second-order valence-electron chi connectivity index (χ2n) is 10.6. The molecule has 14 nitrogen and oxygen atoms in total. The zero-order chi connectivity index (χ0) is 32.1. The number of benzene rings is 2. The zero-order valence-corrected chi connectivity index (χ0v) is 25.1. The molecule has 14 heteroatoms. The Morgan fingerprint density at radius 2 is 1.98 bits per heavy atom. The van der Waals surface area contributed by atoms with Gasteiger partial charge in [0.2, 0.25) is 0 Å². The summed E-state index contributed by atoms with van der Waals surface area (Å²) in [5.41, 5.74) is 3.77. The van der Waals surface area contributed by atoms with Gasteiger partial charge in [0, 0.05) is 17.7 Å². The van der Waals surface area contributed by atoms with Crippen molar-refractivity contribution in [3.63, 3.8) is 0 Å². The number of aryl methyl sites for hydroxylation is 3. The first-order valence-corrected chi connectivity index (χ1v) is 14.3. The molecule has 45 heavy (non-hydrogen) atoms. The van der Waals surface area contributed by atoms with Gasteiger partial charge in [0.25, 0.3) is 11.5 Å². The maximum absolute atomic E-state index is 13.1. The quantitative estimate of drug-likeness (QED) is 0.185. The van der Waals surface area contributed by atoms with Gasteiger partial charge in [-0.15, -0.1) is 16.6 Å². The predicted octanol–water partition coefficient (Wildman–Crippen LogP) is 1.42. The molecule has 2 aromatic carbocycles. The average Bonchev–Trinajstić information content (AvgIpc) is 3.66. The van der Waals surface area contributed by atoms with E-state index < -0.39 is 23.9 Å². The molecule has 2 heterocycles. The number of hydrogen-bond donors (Lipinski definition) is 2. The van der Waals surface area contributed by atoms with Crippen molar-refractivity contribution in [3.8, 4) is 12.3 Å². The van der Waals surface area contributed by atoms with Crippen LogP contribution in [0.25, 0.3) is 10.9 Å². The first-order valence-electron chi connectivity index (χ1n) is 14.3. The van der Waals surface area contributed by atoms with Gasteiger partial charge in [0.1, 0.15) is 11.9 Å². The van der Waals surface area contributed by atoms with Crippen LogP contribution in [0.4, 0.5) is 5.69 Å². The summed E-state index contributed by atoms with van der Waals surface area (Å²) in [6.45, 7) is 1.88. The number of carbonyl (C=O) groups excluding carboxylic acids is 3. The van der Waals surface area contributed by atoms with Gasteiger partial charge in [-0.2, -0.15) is 4.80 Å². The number of anilines is 1. The molecule has 232 valence electrons. The maximum atomic E-state index is 13.1. The van der Waals surface area contributed by atoms with Crippen molar-refractivity contribution in [1.82, 2.24) is 35.5 Å². The van der Waals surface area contributed by atoms with Gasteiger partial charge >= 0.3 is 11.9 Å². The largest absolute Gasteiger partial charge is 0.468 e. The van der Waals surface area contributed by atoms with Crippen LogP contribution >= 0.6 is 0 Å². The van der Waals surface area contributed by atoms with Crippen molar-refractivity contribution in [1.29, 1.82) is 0 Å². The Kier molecular flexibility index (Phi) is 9.17. The van der Waals surface area contributed by atoms with Gasteiger partial charge in [-0.25, -0.2) is 14.6 Å². The van der Waals surface area contributed by atoms with E-state index in [-0.39, 0.29) is 36.8 Å². The van der Waals surface area contributed by atoms with Gasteiger partial charge in [-0.1, -0.05) is 5.92 Å². The Morgan fingerprint density at radius 1 is 1.20 bits per heavy atom. The first-order chi connectivity index (χ1) is 21.7. The molecular weight excluding hydrogens is 580 g/mol. The summed E-state index contributed by atoms with van der Waals surface area (Å²) in [6.07, 6.45) is 7.72. The summed E-state index contributed by atoms with van der Waals surface area (Å²) in [4.78, 5) is 60.1. The normalized spacial score (nSPS) is 14.3. The van der Waals surface area contributed by atoms with Crippen LogP contribution in [0.15, 0.2) is 41.2 Å². The molecule has 0 radical (unpaired) electrons. The fraction of sp³-hybridized carbons (Fsp3) is 0.355. The number of carbonyl (C=O) groups is 3. The van der Waals surface area contributed by atoms with Gasteiger partial charge in [0.15, 0.2) is 12.4 Å². The van der Waals surface area contributed by atoms with E-state index in [0.29, 0.717) is 28.8 Å². The van der Waals surface area contributed by atoms with Crippen molar-refractivity contribution in [3.05, 3.63) is 75.1 Å². The van der Waals surface area contributed by atoms with E-state index in [1.54, 1.807) is 31.2 Å². The van der Waals surface area contributed by atoms with Gasteiger partial charge in [-0.05, 0) is 78.9 Å². The van der Waals surface area contributed by atoms with Crippen LogP contribution in [0.3, 0.4) is 0 Å². The molecule has 1 aliphatic rings. The molecule has 2 aromatic heterocycles. The summed E-state index contributed by atoms with van der Waals surface area (Å²) >= 11 is 0. The smallest absolute Gasteiger partial charge is 0.329 e. The number of nitrogens with one attached hydrogen (secondary N) is 2. The molecule has 1 aliphatic carbocycles. The number of aromatic amines is 1. The van der Waals surface area contributed by atoms with E-state index >= 15 is 0 Å². The van der Waals surface area contributed by atoms with Crippen LogP contribution in [-0.2, 0) is 38.4 Å². The van der Waals surface area contributed by atoms with Crippen molar-refractivity contribution < 1.29 is 23.9 Å². The lowest BCUT2D eigenvalue weighted by Gasteiger charge is -2.30. The maximum Gasteiger partial charge on any atom is 0.329 e. The zero-order valence-electron chi connectivity index (χ0n) is 25.1. The lowest BCUT2D eigenvalue weighted by Crippen LogP contribution is -2.42. The minimum Gasteiger partial charge on any atom is -0.468 e. The molecule has 0 spiro atoms. The third kappa shape index (κ3) is 6.82. The van der Waals surface area contributed by atoms with E-state index in [1.807, 2.05) is 12.1 Å². The molecule has 1 amide bonds. The average molecular weight is 613 g/mol. The predicted molar refractivity (Wildman–Crippen MR) is 162 cm³/mol. The van der Waals surface area contributed by atoms with Gasteiger partial charge in [-0.3, -0.25) is 9.59 Å². The first kappa shape index (κ1) is 30.9. The number of H-pyrrole nitrogens is 1. The van der Waals surface area contributed by atoms with Crippen molar-refractivity contribution >= 4 is 34.4 Å². The minimum atomic E-state index is -0.973. The molecular formula is C31H32N8O6. The Hall–Kier alpha value is -5.58. The summed E-state index contributed by atoms with van der Waals surface area (Å²) in [5, 5.41) is 15.0. The molecule has 2 atom stereocenters. The minimum absolute atomic E-state index is 0.0660. The Labute approximate surface area is 258 Å². The fourth-order valence-electron chi connectivity index (χ4n) is 5.47. The lowest BCUT2D eigenvalue weighted by atomic mass is 10.0. The van der Waals surface area contributed by atoms with Crippen LogP contribution in [0.5, 0.6) is 0 Å². The highest BCUT2D eigenvalue weighted by molar-refractivity contribution is 5.97. The van der Waals surface area contributed by atoms with E-state index in [9.17, 15) is 19.2 Å². The Morgan fingerprint density at radius 3 is 2.69 bits per heavy atom. The van der Waals surface area contributed by atoms with Gasteiger partial charge < -0.3 is 24.7 Å². The van der Waals surface area contributed by atoms with E-state index in [0.717, 1.165) is 34.5 Å². The molecule has 0 saturated carbocycles. The van der Waals surface area contributed by atoms with E-state index in [4.69, 9.17) is 11.2 Å². The van der Waals surface area contributed by atoms with Crippen LogP contribution in [-0.4, -0.2) is 74.8 Å². The molecule has 0 aliphatic heterocycles. The topological polar surface area (TPSA) is 174 Å². The highest BCUT2D eigenvalue weighted by Crippen LogP contribution is 2.39. The van der Waals surface area contributed by atoms with Crippen molar-refractivity contribution in [2.45, 2.75) is 51.2 Å². The number of hydrogen-bond acceptors (Lipinski definition) is 11. The van der Waals surface area contributed by atoms with Crippen molar-refractivity contribution in [2.24, 2.45) is 0 Å². The molecule has 0 bridgehead atoms. The van der Waals surface area contributed by atoms with Crippen LogP contribution < -0.4 is 15.8 Å². The number of tetrazole rings is 1. The summed E-state index contributed by atoms with van der Waals surface area (Å²) < 4.78 is 9.47. The number of esters is 2. The summed E-state index contributed by atoms with van der Waals surface area (Å²) in [5.74, 6) is 1.96. The Bertz CT molecular complexity index is 1840. The van der Waals surface area contributed by atoms with Crippen LogP contribution in [0, 0.1) is 19.3 Å². The number of ether oxygens (including phenoxy) is 2. The third-order valence-electron chi connectivity index (χ3n) is 7.67. The number of amides is 1. The highest BCUT2D eigenvalue weighted by atomic mass is 16.5. The second kappa shape index (κ2) is 13.4. The Balaban J connectivity index is 1.29. The molecule has 4 aromatic rings. The number of methoxy groups -OCH3 is 2. The van der Waals surface area contributed by atoms with Crippen molar-refractivity contribution in [2.75, 3.05) is 25.7 Å². The number of fused-ring (bicyclic) bond motifs is 2. The standard InChI is InChI=1S/C31H32N8O6/c1-5-14-38(26-12-8-20-15-25-23(16-22(20)26)30(42)33-18(2)32-25)21-9-6-19(7-10-21)29(41)34-24(31(43)45-4)11-13-27-35-37-39(36-27)17-28(40)44-3/h1,6-7,9-10,15-16,24,26H,8,11-14,17H2,2-4H3,(H,34,41)(H,32,33,42)/t24-,26?/m0/s1. The SMILES string of the molecule is C#CCN(c1ccc(C(=O)N[C@@H](CCc2nnn(CC(=O)OC)n2)C(=O)OC)cc1)C1CCc2cc3nc(C)[nH]c(=O)c3cc21. The molecule has 5 rings (SSSR count). The highest BCUT2D eigenvalue weighted by Gasteiger charge is 2.29. The monoisotopic (exact) mass is 612 g/mol. The van der Waals surface area contributed by atoms with E-state index in [2.05, 4.69) is 46.3 Å². The lowest BCUT2D eigenvalue weighted by molar-refractivity contribution is -0.143. The third-order valence-corrected chi connectivity index (χ3v) is 7.67. The van der Waals surface area contributed by atoms with Crippen LogP contribution in [0.2, 0.25) is 0 Å². The van der Waals surface area contributed by atoms with Crippen LogP contribution in [0.1, 0.15) is 52.0 Å². The second-order valence-corrected chi connectivity index (χ2v) is 10.6. The summed E-state index contributed by atoms with van der Waals surface area (Å²) in [7, 11) is 2.49. The number of rotatable bonds is 11. The molecule has 1 unspecified atom stereocenters. The van der Waals surface area contributed by atoms with Gasteiger partial charge in [0.05, 0.1) is 37.7 Å². The number of terminal acetylenes is 1.